The number of carbonyl (C=O) groups excluding carboxylic acids is 1. The summed E-state index contributed by atoms with van der Waals surface area (Å²) in [5.74, 6) is 0.504. The molecule has 1 amide bonds. The average molecular weight is 342 g/mol. The van der Waals surface area contributed by atoms with Gasteiger partial charge in [-0.2, -0.15) is 0 Å². The van der Waals surface area contributed by atoms with E-state index in [-0.39, 0.29) is 11.0 Å². The van der Waals surface area contributed by atoms with Crippen LogP contribution in [0.25, 0.3) is 0 Å². The van der Waals surface area contributed by atoms with Crippen molar-refractivity contribution < 1.29 is 9.53 Å². The smallest absolute Gasteiger partial charge is 0.257 e. The molecule has 0 heterocycles. The van der Waals surface area contributed by atoms with E-state index in [9.17, 15) is 4.79 Å². The van der Waals surface area contributed by atoms with Gasteiger partial charge in [-0.25, -0.2) is 0 Å². The number of carbonyl (C=O) groups is 1. The highest BCUT2D eigenvalue weighted by Gasteiger charge is 2.08. The molecule has 126 valence electrons. The first-order valence-electron chi connectivity index (χ1n) is 8.06. The van der Waals surface area contributed by atoms with Crippen molar-refractivity contribution >= 4 is 28.9 Å². The Morgan fingerprint density at radius 3 is 2.29 bits per heavy atom. The zero-order valence-corrected chi connectivity index (χ0v) is 14.8. The molecule has 2 aromatic carbocycles. The average Bonchev–Trinajstić information content (AvgIpc) is 2.61. The molecule has 0 unspecified atom stereocenters. The molecule has 2 aromatic rings. The Kier molecular flexibility index (Phi) is 6.75. The first-order valence-corrected chi connectivity index (χ1v) is 8.47. The van der Waals surface area contributed by atoms with Gasteiger partial charge in [0, 0.05) is 11.3 Å². The van der Waals surface area contributed by atoms with Crippen molar-refractivity contribution in [2.75, 3.05) is 11.9 Å². The van der Waals surface area contributed by atoms with E-state index in [1.165, 1.54) is 5.56 Å². The van der Waals surface area contributed by atoms with E-state index >= 15 is 0 Å². The van der Waals surface area contributed by atoms with Gasteiger partial charge in [-0.1, -0.05) is 26.0 Å². The maximum Gasteiger partial charge on any atom is 0.257 e. The summed E-state index contributed by atoms with van der Waals surface area (Å²) in [7, 11) is 0. The summed E-state index contributed by atoms with van der Waals surface area (Å²) in [6, 6.07) is 14.9. The monoisotopic (exact) mass is 342 g/mol. The molecule has 24 heavy (non-hydrogen) atoms. The van der Waals surface area contributed by atoms with Crippen LogP contribution >= 0.6 is 12.2 Å². The van der Waals surface area contributed by atoms with Crippen molar-refractivity contribution in [3.05, 3.63) is 59.7 Å². The second-order valence-electron chi connectivity index (χ2n) is 5.33. The minimum Gasteiger partial charge on any atom is -0.494 e. The van der Waals surface area contributed by atoms with Crippen molar-refractivity contribution in [3.8, 4) is 5.75 Å². The van der Waals surface area contributed by atoms with Crippen molar-refractivity contribution in [3.63, 3.8) is 0 Å². The largest absolute Gasteiger partial charge is 0.494 e. The van der Waals surface area contributed by atoms with Gasteiger partial charge in [-0.3, -0.25) is 10.1 Å². The Morgan fingerprint density at radius 1 is 1.04 bits per heavy atom. The van der Waals surface area contributed by atoms with Gasteiger partial charge in [0.05, 0.1) is 6.61 Å². The van der Waals surface area contributed by atoms with E-state index in [1.807, 2.05) is 31.2 Å². The van der Waals surface area contributed by atoms with Crippen LogP contribution < -0.4 is 15.4 Å². The van der Waals surface area contributed by atoms with Gasteiger partial charge in [0.1, 0.15) is 5.75 Å². The Hall–Kier alpha value is -2.40. The lowest BCUT2D eigenvalue weighted by Crippen LogP contribution is -2.34. The van der Waals surface area contributed by atoms with E-state index in [4.69, 9.17) is 17.0 Å². The molecule has 0 aliphatic rings. The molecule has 0 saturated carbocycles. The second-order valence-corrected chi connectivity index (χ2v) is 5.74. The number of anilines is 1. The minimum absolute atomic E-state index is 0.250. The normalized spacial score (nSPS) is 10.1. The number of rotatable bonds is 6. The maximum absolute atomic E-state index is 12.2. The van der Waals surface area contributed by atoms with Gasteiger partial charge in [-0.15, -0.1) is 0 Å². The van der Waals surface area contributed by atoms with Crippen molar-refractivity contribution in [2.45, 2.75) is 26.7 Å². The maximum atomic E-state index is 12.2. The van der Waals surface area contributed by atoms with Gasteiger partial charge in [-0.05, 0) is 67.0 Å². The van der Waals surface area contributed by atoms with E-state index in [0.29, 0.717) is 12.2 Å². The Balaban J connectivity index is 1.89. The predicted molar refractivity (Wildman–Crippen MR) is 102 cm³/mol. The summed E-state index contributed by atoms with van der Waals surface area (Å²) in [5, 5.41) is 5.96. The molecular formula is C19H22N2O2S. The van der Waals surface area contributed by atoms with E-state index < -0.39 is 0 Å². The lowest BCUT2D eigenvalue weighted by molar-refractivity contribution is 0.0977. The number of amides is 1. The molecule has 0 aliphatic heterocycles. The first-order chi connectivity index (χ1) is 11.6. The second kappa shape index (κ2) is 9.03. The molecule has 0 atom stereocenters. The Bertz CT molecular complexity index is 682. The minimum atomic E-state index is -0.250. The standard InChI is InChI=1S/C19H22N2O2S/c1-3-13-23-17-11-7-15(8-12-17)18(22)21-19(24)20-16-9-5-14(4-2)6-10-16/h5-12H,3-4,13H2,1-2H3,(H2,20,21,22,24). The molecule has 5 heteroatoms. The summed E-state index contributed by atoms with van der Waals surface area (Å²) in [6.45, 7) is 4.81. The lowest BCUT2D eigenvalue weighted by Gasteiger charge is -2.10. The molecule has 0 aromatic heterocycles. The highest BCUT2D eigenvalue weighted by atomic mass is 32.1. The number of aryl methyl sites for hydroxylation is 1. The summed E-state index contributed by atoms with van der Waals surface area (Å²) >= 11 is 5.19. The first kappa shape index (κ1) is 17.9. The third-order valence-electron chi connectivity index (χ3n) is 3.44. The van der Waals surface area contributed by atoms with Gasteiger partial charge in [0.15, 0.2) is 5.11 Å². The SMILES string of the molecule is CCCOc1ccc(C(=O)NC(=S)Nc2ccc(CC)cc2)cc1. The number of nitrogens with one attached hydrogen (secondary N) is 2. The van der Waals surface area contributed by atoms with E-state index in [2.05, 4.69) is 17.6 Å². The van der Waals surface area contributed by atoms with E-state index in [1.54, 1.807) is 24.3 Å². The third-order valence-corrected chi connectivity index (χ3v) is 3.64. The summed E-state index contributed by atoms with van der Waals surface area (Å²) in [5.41, 5.74) is 2.63. The molecule has 0 saturated heterocycles. The summed E-state index contributed by atoms with van der Waals surface area (Å²) in [4.78, 5) is 12.2. The predicted octanol–water partition coefficient (Wildman–Crippen LogP) is 4.16. The summed E-state index contributed by atoms with van der Waals surface area (Å²) in [6.07, 6.45) is 1.93. The number of ether oxygens (including phenoxy) is 1. The van der Waals surface area contributed by atoms with Gasteiger partial charge in [0.25, 0.3) is 5.91 Å². The van der Waals surface area contributed by atoms with Crippen molar-refractivity contribution in [1.82, 2.24) is 5.32 Å². The zero-order valence-electron chi connectivity index (χ0n) is 14.0. The molecule has 0 fully saturated rings. The topological polar surface area (TPSA) is 50.4 Å². The third kappa shape index (κ3) is 5.35. The van der Waals surface area contributed by atoms with Crippen LogP contribution in [0.3, 0.4) is 0 Å². The van der Waals surface area contributed by atoms with Crippen LogP contribution in [0.5, 0.6) is 5.75 Å². The van der Waals surface area contributed by atoms with Gasteiger partial charge >= 0.3 is 0 Å². The van der Waals surface area contributed by atoms with Crippen LogP contribution in [0.15, 0.2) is 48.5 Å². The van der Waals surface area contributed by atoms with Crippen molar-refractivity contribution in [2.24, 2.45) is 0 Å². The quantitative estimate of drug-likeness (QED) is 0.774. The lowest BCUT2D eigenvalue weighted by atomic mass is 10.1. The van der Waals surface area contributed by atoms with Crippen LogP contribution in [0.2, 0.25) is 0 Å². The highest BCUT2D eigenvalue weighted by molar-refractivity contribution is 7.80. The molecular weight excluding hydrogens is 320 g/mol. The zero-order chi connectivity index (χ0) is 17.4. The fraction of sp³-hybridized carbons (Fsp3) is 0.263. The summed E-state index contributed by atoms with van der Waals surface area (Å²) < 4.78 is 5.50. The number of benzene rings is 2. The Labute approximate surface area is 148 Å². The molecule has 4 nitrogen and oxygen atoms in total. The van der Waals surface area contributed by atoms with Crippen LogP contribution in [0.1, 0.15) is 36.2 Å². The molecule has 2 N–H and O–H groups in total. The van der Waals surface area contributed by atoms with Crippen LogP contribution in [0, 0.1) is 0 Å². The molecule has 0 aliphatic carbocycles. The highest BCUT2D eigenvalue weighted by Crippen LogP contribution is 2.13. The molecule has 0 radical (unpaired) electrons. The fourth-order valence-electron chi connectivity index (χ4n) is 2.08. The Morgan fingerprint density at radius 2 is 1.71 bits per heavy atom. The van der Waals surface area contributed by atoms with Crippen LogP contribution in [-0.2, 0) is 6.42 Å². The van der Waals surface area contributed by atoms with Gasteiger partial charge < -0.3 is 10.1 Å². The molecule has 0 bridgehead atoms. The number of thiocarbonyl (C=S) groups is 1. The van der Waals surface area contributed by atoms with E-state index in [0.717, 1.165) is 24.3 Å². The van der Waals surface area contributed by atoms with Crippen LogP contribution in [-0.4, -0.2) is 17.6 Å². The molecule has 2 rings (SSSR count). The van der Waals surface area contributed by atoms with Crippen molar-refractivity contribution in [1.29, 1.82) is 0 Å². The molecule has 0 spiro atoms. The van der Waals surface area contributed by atoms with Gasteiger partial charge in [0.2, 0.25) is 0 Å². The number of hydrogen-bond acceptors (Lipinski definition) is 3. The van der Waals surface area contributed by atoms with Crippen LogP contribution in [0.4, 0.5) is 5.69 Å². The number of hydrogen-bond donors (Lipinski definition) is 2. The fourth-order valence-corrected chi connectivity index (χ4v) is 2.29.